The lowest BCUT2D eigenvalue weighted by atomic mass is 9.85. The quantitative estimate of drug-likeness (QED) is 0.866. The summed E-state index contributed by atoms with van der Waals surface area (Å²) >= 11 is 0. The van der Waals surface area contributed by atoms with Crippen molar-refractivity contribution < 1.29 is 4.79 Å². The molecule has 2 N–H and O–H groups in total. The molecule has 1 aliphatic rings. The summed E-state index contributed by atoms with van der Waals surface area (Å²) in [4.78, 5) is 14.3. The molecule has 0 aromatic heterocycles. The van der Waals surface area contributed by atoms with E-state index in [1.165, 1.54) is 19.3 Å². The normalized spacial score (nSPS) is 17.0. The summed E-state index contributed by atoms with van der Waals surface area (Å²) in [7, 11) is 0. The summed E-state index contributed by atoms with van der Waals surface area (Å²) < 4.78 is 0. The van der Waals surface area contributed by atoms with Gasteiger partial charge >= 0.3 is 0 Å². The number of nitrogens with two attached hydrogens (primary N) is 1. The van der Waals surface area contributed by atoms with Crippen molar-refractivity contribution in [2.24, 2.45) is 11.7 Å². The lowest BCUT2D eigenvalue weighted by molar-refractivity contribution is -0.133. The van der Waals surface area contributed by atoms with Crippen LogP contribution >= 0.6 is 0 Å². The van der Waals surface area contributed by atoms with Crippen LogP contribution in [0.4, 0.5) is 0 Å². The molecule has 1 atom stereocenters. The Hall–Kier alpha value is -1.35. The molecular weight excluding hydrogens is 224 g/mol. The minimum absolute atomic E-state index is 0.0515. The van der Waals surface area contributed by atoms with Gasteiger partial charge in [0.15, 0.2) is 0 Å². The van der Waals surface area contributed by atoms with Crippen molar-refractivity contribution >= 4 is 5.91 Å². The SMILES string of the molecule is CCN(CC1CCC1)C(=O)[C@@H](N)c1ccccc1. The van der Waals surface area contributed by atoms with Crippen LogP contribution in [-0.4, -0.2) is 23.9 Å². The van der Waals surface area contributed by atoms with Gasteiger partial charge in [-0.15, -0.1) is 0 Å². The van der Waals surface area contributed by atoms with Crippen LogP contribution in [0.15, 0.2) is 30.3 Å². The Kier molecular flexibility index (Phi) is 4.37. The minimum atomic E-state index is -0.522. The highest BCUT2D eigenvalue weighted by Gasteiger charge is 2.26. The number of carbonyl (C=O) groups excluding carboxylic acids is 1. The molecule has 1 aliphatic carbocycles. The lowest BCUT2D eigenvalue weighted by Gasteiger charge is -2.33. The maximum Gasteiger partial charge on any atom is 0.244 e. The first-order valence-electron chi connectivity index (χ1n) is 6.81. The monoisotopic (exact) mass is 246 g/mol. The highest BCUT2D eigenvalue weighted by Crippen LogP contribution is 2.27. The van der Waals surface area contributed by atoms with Crippen molar-refractivity contribution in [3.63, 3.8) is 0 Å². The Labute approximate surface area is 109 Å². The van der Waals surface area contributed by atoms with Gasteiger partial charge in [-0.25, -0.2) is 0 Å². The number of nitrogens with zero attached hydrogens (tertiary/aromatic N) is 1. The van der Waals surface area contributed by atoms with Crippen LogP contribution in [0.3, 0.4) is 0 Å². The number of hydrogen-bond acceptors (Lipinski definition) is 2. The van der Waals surface area contributed by atoms with Crippen molar-refractivity contribution in [1.29, 1.82) is 0 Å². The maximum atomic E-state index is 12.4. The molecule has 18 heavy (non-hydrogen) atoms. The van der Waals surface area contributed by atoms with Crippen molar-refractivity contribution in [1.82, 2.24) is 4.90 Å². The molecule has 1 aromatic rings. The van der Waals surface area contributed by atoms with E-state index >= 15 is 0 Å². The first-order chi connectivity index (χ1) is 8.72. The van der Waals surface area contributed by atoms with Gasteiger partial charge in [0.05, 0.1) is 0 Å². The van der Waals surface area contributed by atoms with E-state index in [1.54, 1.807) is 0 Å². The summed E-state index contributed by atoms with van der Waals surface area (Å²) in [5, 5.41) is 0. The van der Waals surface area contributed by atoms with Crippen LogP contribution in [0, 0.1) is 5.92 Å². The van der Waals surface area contributed by atoms with Crippen molar-refractivity contribution in [2.75, 3.05) is 13.1 Å². The highest BCUT2D eigenvalue weighted by atomic mass is 16.2. The Morgan fingerprint density at radius 1 is 1.39 bits per heavy atom. The summed E-state index contributed by atoms with van der Waals surface area (Å²) in [5.74, 6) is 0.743. The molecule has 0 radical (unpaired) electrons. The van der Waals surface area contributed by atoms with Crippen molar-refractivity contribution in [3.8, 4) is 0 Å². The van der Waals surface area contributed by atoms with E-state index in [4.69, 9.17) is 5.73 Å². The van der Waals surface area contributed by atoms with Gasteiger partial charge in [-0.2, -0.15) is 0 Å². The second kappa shape index (κ2) is 6.01. The van der Waals surface area contributed by atoms with Gasteiger partial charge in [-0.3, -0.25) is 4.79 Å². The van der Waals surface area contributed by atoms with Gasteiger partial charge < -0.3 is 10.6 Å². The lowest BCUT2D eigenvalue weighted by Crippen LogP contribution is -2.42. The van der Waals surface area contributed by atoms with Crippen LogP contribution in [0.25, 0.3) is 0 Å². The molecule has 3 nitrogen and oxygen atoms in total. The molecule has 1 saturated carbocycles. The zero-order valence-corrected chi connectivity index (χ0v) is 11.0. The maximum absolute atomic E-state index is 12.4. The third-order valence-corrected chi connectivity index (χ3v) is 3.82. The Morgan fingerprint density at radius 3 is 2.56 bits per heavy atom. The van der Waals surface area contributed by atoms with Crippen LogP contribution in [0.1, 0.15) is 37.8 Å². The number of hydrogen-bond donors (Lipinski definition) is 1. The molecule has 0 saturated heterocycles. The standard InChI is InChI=1S/C15H22N2O/c1-2-17(11-12-7-6-8-12)15(18)14(16)13-9-4-3-5-10-13/h3-5,9-10,12,14H,2,6-8,11,16H2,1H3/t14-/m0/s1. The largest absolute Gasteiger partial charge is 0.341 e. The summed E-state index contributed by atoms with van der Waals surface area (Å²) in [6, 6.07) is 9.09. The molecule has 1 aromatic carbocycles. The molecule has 2 rings (SSSR count). The molecule has 98 valence electrons. The molecule has 1 amide bonds. The van der Waals surface area contributed by atoms with Crippen molar-refractivity contribution in [2.45, 2.75) is 32.2 Å². The van der Waals surface area contributed by atoms with Crippen LogP contribution in [0.2, 0.25) is 0 Å². The molecule has 1 fully saturated rings. The van der Waals surface area contributed by atoms with Crippen LogP contribution in [0.5, 0.6) is 0 Å². The number of benzene rings is 1. The predicted octanol–water partition coefficient (Wildman–Crippen LogP) is 2.33. The van der Waals surface area contributed by atoms with Gasteiger partial charge in [0, 0.05) is 13.1 Å². The predicted molar refractivity (Wildman–Crippen MR) is 73.0 cm³/mol. The first kappa shape index (κ1) is 13.1. The second-order valence-corrected chi connectivity index (χ2v) is 5.06. The molecule has 0 bridgehead atoms. The second-order valence-electron chi connectivity index (χ2n) is 5.06. The molecule has 3 heteroatoms. The van der Waals surface area contributed by atoms with E-state index in [1.807, 2.05) is 42.2 Å². The van der Waals surface area contributed by atoms with Crippen LogP contribution < -0.4 is 5.73 Å². The first-order valence-corrected chi connectivity index (χ1v) is 6.81. The third kappa shape index (κ3) is 2.91. The van der Waals surface area contributed by atoms with E-state index in [9.17, 15) is 4.79 Å². The zero-order valence-electron chi connectivity index (χ0n) is 11.0. The minimum Gasteiger partial charge on any atom is -0.341 e. The molecule has 0 heterocycles. The number of carbonyl (C=O) groups is 1. The third-order valence-electron chi connectivity index (χ3n) is 3.82. The Morgan fingerprint density at radius 2 is 2.06 bits per heavy atom. The topological polar surface area (TPSA) is 46.3 Å². The fraction of sp³-hybridized carbons (Fsp3) is 0.533. The number of rotatable bonds is 5. The van der Waals surface area contributed by atoms with Gasteiger partial charge in [0.25, 0.3) is 0 Å². The van der Waals surface area contributed by atoms with E-state index in [-0.39, 0.29) is 5.91 Å². The smallest absolute Gasteiger partial charge is 0.244 e. The van der Waals surface area contributed by atoms with E-state index in [0.717, 1.165) is 18.7 Å². The number of amides is 1. The van der Waals surface area contributed by atoms with Gasteiger partial charge in [0.1, 0.15) is 6.04 Å². The molecular formula is C15H22N2O. The average Bonchev–Trinajstić information content (AvgIpc) is 2.37. The van der Waals surface area contributed by atoms with E-state index in [0.29, 0.717) is 5.92 Å². The molecule has 0 spiro atoms. The Bertz CT molecular complexity index is 387. The highest BCUT2D eigenvalue weighted by molar-refractivity contribution is 5.83. The Balaban J connectivity index is 1.99. The van der Waals surface area contributed by atoms with Crippen molar-refractivity contribution in [3.05, 3.63) is 35.9 Å². The summed E-state index contributed by atoms with van der Waals surface area (Å²) in [6.07, 6.45) is 3.82. The fourth-order valence-electron chi connectivity index (χ4n) is 2.36. The summed E-state index contributed by atoms with van der Waals surface area (Å²) in [6.45, 7) is 3.64. The van der Waals surface area contributed by atoms with Gasteiger partial charge in [-0.05, 0) is 31.2 Å². The molecule has 0 aliphatic heterocycles. The van der Waals surface area contributed by atoms with E-state index < -0.39 is 6.04 Å². The van der Waals surface area contributed by atoms with Gasteiger partial charge in [0.2, 0.25) is 5.91 Å². The fourth-order valence-corrected chi connectivity index (χ4v) is 2.36. The number of likely N-dealkylation sites (N-methyl/N-ethyl adjacent to an activating group) is 1. The van der Waals surface area contributed by atoms with E-state index in [2.05, 4.69) is 0 Å². The van der Waals surface area contributed by atoms with Crippen LogP contribution in [-0.2, 0) is 4.79 Å². The summed E-state index contributed by atoms with van der Waals surface area (Å²) in [5.41, 5.74) is 6.96. The average molecular weight is 246 g/mol. The zero-order chi connectivity index (χ0) is 13.0. The van der Waals surface area contributed by atoms with Gasteiger partial charge in [-0.1, -0.05) is 36.8 Å². The molecule has 0 unspecified atom stereocenters.